The minimum absolute atomic E-state index is 0.0620. The van der Waals surface area contributed by atoms with E-state index >= 15 is 0 Å². The monoisotopic (exact) mass is 626 g/mol. The molecule has 3 aromatic carbocycles. The number of amides is 1. The van der Waals surface area contributed by atoms with E-state index in [0.29, 0.717) is 47.8 Å². The normalized spacial score (nSPS) is 15.9. The summed E-state index contributed by atoms with van der Waals surface area (Å²) in [6.45, 7) is 6.30. The van der Waals surface area contributed by atoms with Gasteiger partial charge in [0.05, 0.1) is 18.0 Å². The molecule has 4 aromatic rings. The number of carbonyl (C=O) groups excluding carboxylic acids is 1. The lowest BCUT2D eigenvalue weighted by atomic mass is 9.98. The van der Waals surface area contributed by atoms with E-state index in [1.165, 1.54) is 0 Å². The number of nitrogens with zero attached hydrogens (tertiary/aromatic N) is 3. The van der Waals surface area contributed by atoms with Crippen LogP contribution in [0.3, 0.4) is 0 Å². The van der Waals surface area contributed by atoms with Crippen LogP contribution in [0.2, 0.25) is 0 Å². The third kappa shape index (κ3) is 6.11. The average molecular weight is 627 g/mol. The number of rotatable bonds is 11. The van der Waals surface area contributed by atoms with Crippen molar-refractivity contribution >= 4 is 27.6 Å². The third-order valence-corrected chi connectivity index (χ3v) is 10.0. The second kappa shape index (κ2) is 12.5. The Hall–Kier alpha value is -4.44. The van der Waals surface area contributed by atoms with E-state index in [4.69, 9.17) is 14.3 Å². The molecule has 1 amide bonds. The van der Waals surface area contributed by atoms with Crippen molar-refractivity contribution in [2.24, 2.45) is 4.99 Å². The van der Waals surface area contributed by atoms with Gasteiger partial charge in [0.25, 0.3) is 15.9 Å². The van der Waals surface area contributed by atoms with Gasteiger partial charge in [0.2, 0.25) is 0 Å². The van der Waals surface area contributed by atoms with Crippen molar-refractivity contribution in [3.63, 3.8) is 0 Å². The highest BCUT2D eigenvalue weighted by Gasteiger charge is 2.49. The number of anilines is 1. The second-order valence-electron chi connectivity index (χ2n) is 11.8. The number of nitrogens with one attached hydrogen (secondary N) is 1. The predicted molar refractivity (Wildman–Crippen MR) is 174 cm³/mol. The van der Waals surface area contributed by atoms with Gasteiger partial charge in [-0.05, 0) is 56.4 Å². The number of ether oxygens (including phenoxy) is 1. The highest BCUT2D eigenvalue weighted by atomic mass is 32.2. The van der Waals surface area contributed by atoms with Crippen LogP contribution in [0.4, 0.5) is 5.82 Å². The van der Waals surface area contributed by atoms with Crippen LogP contribution in [0.5, 0.6) is 5.75 Å². The molecule has 9 nitrogen and oxygen atoms in total. The van der Waals surface area contributed by atoms with Gasteiger partial charge < -0.3 is 9.26 Å². The standard InChI is InChI=1S/C35H38N4O5S/c1-4-20-43-30-21-27(23-39-32(22-26-12-6-5-7-13-26)36-35(34(39)40)18-10-11-19-35)16-17-28(30)29-14-8-9-15-31(29)45(41,42)38-33-24(2)25(3)44-37-33/h5-9,12-17,21H,4,10-11,18-20,22-23H2,1-3H3,(H,37,38). The van der Waals surface area contributed by atoms with Crippen molar-refractivity contribution in [1.82, 2.24) is 10.1 Å². The van der Waals surface area contributed by atoms with Gasteiger partial charge in [-0.2, -0.15) is 0 Å². The van der Waals surface area contributed by atoms with Crippen LogP contribution in [0.1, 0.15) is 61.5 Å². The summed E-state index contributed by atoms with van der Waals surface area (Å²) in [6, 6.07) is 22.6. The van der Waals surface area contributed by atoms with Crippen molar-refractivity contribution in [1.29, 1.82) is 0 Å². The van der Waals surface area contributed by atoms with Crippen molar-refractivity contribution < 1.29 is 22.5 Å². The van der Waals surface area contributed by atoms with E-state index in [9.17, 15) is 13.2 Å². The number of amidine groups is 1. The Morgan fingerprint density at radius 2 is 1.69 bits per heavy atom. The van der Waals surface area contributed by atoms with Crippen LogP contribution in [0.15, 0.2) is 87.2 Å². The minimum Gasteiger partial charge on any atom is -0.493 e. The maximum Gasteiger partial charge on any atom is 0.263 e. The predicted octanol–water partition coefficient (Wildman–Crippen LogP) is 6.84. The first-order chi connectivity index (χ1) is 21.7. The number of hydrogen-bond donors (Lipinski definition) is 1. The summed E-state index contributed by atoms with van der Waals surface area (Å²) in [5.74, 6) is 2.10. The van der Waals surface area contributed by atoms with Crippen LogP contribution in [-0.2, 0) is 27.8 Å². The summed E-state index contributed by atoms with van der Waals surface area (Å²) in [4.78, 5) is 20.9. The highest BCUT2D eigenvalue weighted by molar-refractivity contribution is 7.92. The molecule has 2 heterocycles. The van der Waals surface area contributed by atoms with Crippen LogP contribution < -0.4 is 9.46 Å². The third-order valence-electron chi connectivity index (χ3n) is 8.64. The zero-order chi connectivity index (χ0) is 31.6. The fraction of sp³-hybridized carbons (Fsp3) is 0.343. The average Bonchev–Trinajstić information content (AvgIpc) is 3.71. The molecule has 1 aliphatic carbocycles. The van der Waals surface area contributed by atoms with Gasteiger partial charge in [-0.3, -0.25) is 19.4 Å². The van der Waals surface area contributed by atoms with Crippen molar-refractivity contribution in [3.05, 3.63) is 95.2 Å². The second-order valence-corrected chi connectivity index (χ2v) is 13.5. The molecule has 1 fully saturated rings. The first kappa shape index (κ1) is 30.6. The van der Waals surface area contributed by atoms with E-state index < -0.39 is 15.6 Å². The lowest BCUT2D eigenvalue weighted by molar-refractivity contribution is -0.131. The number of sulfonamides is 1. The van der Waals surface area contributed by atoms with Crippen molar-refractivity contribution in [2.75, 3.05) is 11.3 Å². The fourth-order valence-corrected chi connectivity index (χ4v) is 7.39. The van der Waals surface area contributed by atoms with E-state index in [1.807, 2.05) is 48.2 Å². The summed E-state index contributed by atoms with van der Waals surface area (Å²) in [7, 11) is -4.02. The van der Waals surface area contributed by atoms with Gasteiger partial charge in [-0.1, -0.05) is 85.6 Å². The Morgan fingerprint density at radius 1 is 0.956 bits per heavy atom. The number of carbonyl (C=O) groups is 1. The molecule has 1 spiro atoms. The molecule has 0 unspecified atom stereocenters. The first-order valence-corrected chi connectivity index (χ1v) is 16.9. The molecule has 10 heteroatoms. The molecule has 1 aliphatic heterocycles. The molecular weight excluding hydrogens is 588 g/mol. The zero-order valence-electron chi connectivity index (χ0n) is 25.9. The smallest absolute Gasteiger partial charge is 0.263 e. The molecule has 0 radical (unpaired) electrons. The molecule has 0 atom stereocenters. The number of aliphatic imine (C=N–C) groups is 1. The Kier molecular flexibility index (Phi) is 8.50. The van der Waals surface area contributed by atoms with E-state index in [-0.39, 0.29) is 16.6 Å². The van der Waals surface area contributed by atoms with E-state index in [1.54, 1.807) is 38.1 Å². The number of hydrogen-bond acceptors (Lipinski definition) is 7. The van der Waals surface area contributed by atoms with Crippen LogP contribution >= 0.6 is 0 Å². The molecule has 2 aliphatic rings. The molecule has 45 heavy (non-hydrogen) atoms. The van der Waals surface area contributed by atoms with E-state index in [2.05, 4.69) is 22.0 Å². The van der Waals surface area contributed by atoms with Crippen molar-refractivity contribution in [3.8, 4) is 16.9 Å². The Labute approximate surface area is 264 Å². The Balaban J connectivity index is 1.34. The van der Waals surface area contributed by atoms with Crippen LogP contribution in [0.25, 0.3) is 11.1 Å². The van der Waals surface area contributed by atoms with Gasteiger partial charge in [-0.15, -0.1) is 0 Å². The SMILES string of the molecule is CCCOc1cc(CN2C(=O)C3(CCCC3)N=C2Cc2ccccc2)ccc1-c1ccccc1S(=O)(=O)Nc1noc(C)c1C. The lowest BCUT2D eigenvalue weighted by Gasteiger charge is -2.23. The molecular formula is C35H38N4O5S. The summed E-state index contributed by atoms with van der Waals surface area (Å²) < 4.78 is 41.2. The minimum atomic E-state index is -4.02. The number of aromatic nitrogens is 1. The van der Waals surface area contributed by atoms with E-state index in [0.717, 1.165) is 49.1 Å². The molecule has 234 valence electrons. The zero-order valence-corrected chi connectivity index (χ0v) is 26.7. The van der Waals surface area contributed by atoms with Gasteiger partial charge >= 0.3 is 0 Å². The molecule has 1 aromatic heterocycles. The molecule has 1 N–H and O–H groups in total. The number of benzene rings is 3. The quantitative estimate of drug-likeness (QED) is 0.195. The summed E-state index contributed by atoms with van der Waals surface area (Å²) in [6.07, 6.45) is 4.90. The summed E-state index contributed by atoms with van der Waals surface area (Å²) >= 11 is 0. The van der Waals surface area contributed by atoms with Gasteiger partial charge in [0.15, 0.2) is 5.82 Å². The maximum absolute atomic E-state index is 13.9. The van der Waals surface area contributed by atoms with Crippen molar-refractivity contribution in [2.45, 2.75) is 76.3 Å². The molecule has 0 bridgehead atoms. The fourth-order valence-electron chi connectivity index (χ4n) is 6.11. The molecule has 6 rings (SSSR count). The van der Waals surface area contributed by atoms with Gasteiger partial charge in [-0.25, -0.2) is 8.42 Å². The number of aryl methyl sites for hydroxylation is 1. The van der Waals surface area contributed by atoms with Crippen LogP contribution in [-0.4, -0.2) is 42.4 Å². The highest BCUT2D eigenvalue weighted by Crippen LogP contribution is 2.41. The first-order valence-electron chi connectivity index (χ1n) is 15.5. The van der Waals surface area contributed by atoms with Gasteiger partial charge in [0.1, 0.15) is 22.9 Å². The Morgan fingerprint density at radius 3 is 2.40 bits per heavy atom. The maximum atomic E-state index is 13.9. The summed E-state index contributed by atoms with van der Waals surface area (Å²) in [5.41, 5.74) is 3.08. The van der Waals surface area contributed by atoms with Gasteiger partial charge in [0, 0.05) is 23.1 Å². The largest absolute Gasteiger partial charge is 0.493 e. The molecule has 1 saturated carbocycles. The van der Waals surface area contributed by atoms with Crippen LogP contribution in [0, 0.1) is 13.8 Å². The molecule has 0 saturated heterocycles. The topological polar surface area (TPSA) is 114 Å². The Bertz CT molecular complexity index is 1840. The lowest BCUT2D eigenvalue weighted by Crippen LogP contribution is -2.41. The summed E-state index contributed by atoms with van der Waals surface area (Å²) in [5, 5.41) is 3.88.